The highest BCUT2D eigenvalue weighted by Gasteiger charge is 2.18. The van der Waals surface area contributed by atoms with Gasteiger partial charge in [0, 0.05) is 17.8 Å². The lowest BCUT2D eigenvalue weighted by molar-refractivity contribution is -0.112. The van der Waals surface area contributed by atoms with Gasteiger partial charge in [0.15, 0.2) is 11.5 Å². The molecule has 0 saturated carbocycles. The van der Waals surface area contributed by atoms with E-state index in [1.165, 1.54) is 6.08 Å². The molecule has 0 unspecified atom stereocenters. The van der Waals surface area contributed by atoms with Crippen LogP contribution in [0.1, 0.15) is 18.1 Å². The average molecular weight is 529 g/mol. The second-order valence-corrected chi connectivity index (χ2v) is 10.1. The monoisotopic (exact) mass is 528 g/mol. The second-order valence-electron chi connectivity index (χ2n) is 7.43. The van der Waals surface area contributed by atoms with Gasteiger partial charge in [-0.2, -0.15) is 14.6 Å². The highest BCUT2D eigenvalue weighted by Crippen LogP contribution is 2.29. The minimum atomic E-state index is -3.61. The molecular formula is C24H24N4O6S2. The Morgan fingerprint density at radius 1 is 1.14 bits per heavy atom. The van der Waals surface area contributed by atoms with Crippen LogP contribution in [0.25, 0.3) is 6.08 Å². The molecule has 0 aliphatic carbocycles. The van der Waals surface area contributed by atoms with Gasteiger partial charge in [0.05, 0.1) is 6.61 Å². The molecule has 3 rings (SSSR count). The van der Waals surface area contributed by atoms with Crippen molar-refractivity contribution >= 4 is 38.5 Å². The van der Waals surface area contributed by atoms with Crippen molar-refractivity contribution in [2.75, 3.05) is 31.4 Å². The number of hydrogen-bond acceptors (Lipinski definition) is 10. The number of ether oxygens (including phenoxy) is 3. The van der Waals surface area contributed by atoms with Gasteiger partial charge in [-0.3, -0.25) is 10.1 Å². The maximum atomic E-state index is 12.5. The Morgan fingerprint density at radius 3 is 2.58 bits per heavy atom. The van der Waals surface area contributed by atoms with Gasteiger partial charge in [-0.05, 0) is 55.3 Å². The number of sulfone groups is 1. The quantitative estimate of drug-likeness (QED) is 0.224. The van der Waals surface area contributed by atoms with E-state index in [2.05, 4.69) is 14.7 Å². The molecule has 3 aromatic rings. The first kappa shape index (κ1) is 26.7. The van der Waals surface area contributed by atoms with E-state index in [9.17, 15) is 18.5 Å². The summed E-state index contributed by atoms with van der Waals surface area (Å²) in [7, 11) is -3.61. The number of nitrogens with one attached hydrogen (secondary N) is 1. The van der Waals surface area contributed by atoms with Crippen molar-refractivity contribution in [2.24, 2.45) is 0 Å². The van der Waals surface area contributed by atoms with Gasteiger partial charge in [-0.15, -0.1) is 0 Å². The number of carbonyl (C=O) groups is 1. The zero-order valence-corrected chi connectivity index (χ0v) is 21.5. The normalized spacial score (nSPS) is 11.4. The number of nitrogens with zero attached hydrogens (tertiary/aromatic N) is 3. The van der Waals surface area contributed by atoms with E-state index in [4.69, 9.17) is 14.2 Å². The highest BCUT2D eigenvalue weighted by atomic mass is 32.2. The summed E-state index contributed by atoms with van der Waals surface area (Å²) in [6, 6.07) is 14.6. The molecule has 0 atom stereocenters. The molecule has 36 heavy (non-hydrogen) atoms. The predicted molar refractivity (Wildman–Crippen MR) is 135 cm³/mol. The molecule has 1 N–H and O–H groups in total. The van der Waals surface area contributed by atoms with Crippen LogP contribution in [0, 0.1) is 18.3 Å². The number of rotatable bonds is 11. The third-order valence-electron chi connectivity index (χ3n) is 4.50. The van der Waals surface area contributed by atoms with E-state index in [1.807, 2.05) is 44.2 Å². The predicted octanol–water partition coefficient (Wildman–Crippen LogP) is 3.65. The fourth-order valence-electron chi connectivity index (χ4n) is 2.91. The average Bonchev–Trinajstić information content (AvgIpc) is 3.30. The number of nitriles is 1. The Bertz CT molecular complexity index is 1410. The van der Waals surface area contributed by atoms with Crippen LogP contribution in [-0.2, 0) is 14.6 Å². The van der Waals surface area contributed by atoms with Gasteiger partial charge < -0.3 is 14.2 Å². The van der Waals surface area contributed by atoms with Gasteiger partial charge >= 0.3 is 0 Å². The van der Waals surface area contributed by atoms with Crippen molar-refractivity contribution in [2.45, 2.75) is 19.0 Å². The molecule has 0 spiro atoms. The molecule has 1 heterocycles. The molecule has 2 aromatic carbocycles. The lowest BCUT2D eigenvalue weighted by atomic mass is 10.1. The number of hydrogen-bond donors (Lipinski definition) is 1. The molecule has 0 saturated heterocycles. The molecule has 12 heteroatoms. The SMILES string of the molecule is CCOc1cc(/C=C(/C#N)C(=O)Nc2nc(S(C)(=O)=O)ns2)ccc1OCCOc1cccc(C)c1. The van der Waals surface area contributed by atoms with Crippen molar-refractivity contribution in [1.29, 1.82) is 5.26 Å². The summed E-state index contributed by atoms with van der Waals surface area (Å²) in [6.07, 6.45) is 2.34. The third-order valence-corrected chi connectivity index (χ3v) is 6.09. The Morgan fingerprint density at radius 2 is 1.92 bits per heavy atom. The van der Waals surface area contributed by atoms with Crippen molar-refractivity contribution in [3.8, 4) is 23.3 Å². The number of amides is 1. The summed E-state index contributed by atoms with van der Waals surface area (Å²) in [6.45, 7) is 4.82. The van der Waals surface area contributed by atoms with E-state index in [1.54, 1.807) is 18.2 Å². The molecule has 0 bridgehead atoms. The Hall–Kier alpha value is -3.95. The molecule has 1 amide bonds. The zero-order valence-electron chi connectivity index (χ0n) is 19.8. The zero-order chi connectivity index (χ0) is 26.1. The lowest BCUT2D eigenvalue weighted by Gasteiger charge is -2.13. The van der Waals surface area contributed by atoms with Gasteiger partial charge in [0.25, 0.3) is 11.1 Å². The first-order valence-electron chi connectivity index (χ1n) is 10.8. The first-order chi connectivity index (χ1) is 17.2. The van der Waals surface area contributed by atoms with Gasteiger partial charge in [0.2, 0.25) is 15.0 Å². The Labute approximate surface area is 213 Å². The van der Waals surface area contributed by atoms with Crippen molar-refractivity contribution in [1.82, 2.24) is 9.36 Å². The van der Waals surface area contributed by atoms with Gasteiger partial charge in [-0.1, -0.05) is 18.2 Å². The Kier molecular flexibility index (Phi) is 8.99. The van der Waals surface area contributed by atoms with E-state index in [-0.39, 0.29) is 17.3 Å². The van der Waals surface area contributed by atoms with Crippen LogP contribution < -0.4 is 19.5 Å². The van der Waals surface area contributed by atoms with Crippen molar-refractivity contribution in [3.63, 3.8) is 0 Å². The molecule has 188 valence electrons. The summed E-state index contributed by atoms with van der Waals surface area (Å²) in [5, 5.41) is 11.4. The number of carbonyl (C=O) groups excluding carboxylic acids is 1. The fourth-order valence-corrected chi connectivity index (χ4v) is 4.35. The molecule has 10 nitrogen and oxygen atoms in total. The largest absolute Gasteiger partial charge is 0.490 e. The number of aryl methyl sites for hydroxylation is 1. The van der Waals surface area contributed by atoms with Crippen LogP contribution in [0.2, 0.25) is 0 Å². The lowest BCUT2D eigenvalue weighted by Crippen LogP contribution is -2.13. The molecule has 0 fully saturated rings. The standard InChI is InChI=1S/C24H24N4O6S2/c1-4-32-21-14-17(8-9-20(21)34-11-10-33-19-7-5-6-16(2)12-19)13-18(15-25)22(29)26-23-27-24(28-35-23)36(3,30)31/h5-9,12-14H,4,10-11H2,1-3H3,(H,26,27,28,29)/b18-13-. The number of anilines is 1. The topological polar surface area (TPSA) is 140 Å². The van der Waals surface area contributed by atoms with Gasteiger partial charge in [-0.25, -0.2) is 8.42 Å². The maximum absolute atomic E-state index is 12.5. The van der Waals surface area contributed by atoms with Crippen LogP contribution in [-0.4, -0.2) is 49.8 Å². The molecule has 0 radical (unpaired) electrons. The summed E-state index contributed by atoms with van der Waals surface area (Å²) in [5.74, 6) is 0.946. The summed E-state index contributed by atoms with van der Waals surface area (Å²) >= 11 is 0.703. The van der Waals surface area contributed by atoms with Gasteiger partial charge in [0.1, 0.15) is 30.6 Å². The van der Waals surface area contributed by atoms with E-state index in [0.717, 1.165) is 17.6 Å². The van der Waals surface area contributed by atoms with Crippen LogP contribution in [0.5, 0.6) is 17.2 Å². The summed E-state index contributed by atoms with van der Waals surface area (Å²) in [5.41, 5.74) is 1.42. The fraction of sp³-hybridized carbons (Fsp3) is 0.250. The Balaban J connectivity index is 1.67. The van der Waals surface area contributed by atoms with Crippen LogP contribution in [0.3, 0.4) is 0 Å². The van der Waals surface area contributed by atoms with E-state index in [0.29, 0.717) is 41.8 Å². The number of benzene rings is 2. The smallest absolute Gasteiger partial charge is 0.268 e. The van der Waals surface area contributed by atoms with Crippen LogP contribution >= 0.6 is 11.5 Å². The van der Waals surface area contributed by atoms with Crippen LogP contribution in [0.4, 0.5) is 5.13 Å². The first-order valence-corrected chi connectivity index (χ1v) is 13.4. The second kappa shape index (κ2) is 12.1. The molecular weight excluding hydrogens is 504 g/mol. The molecule has 1 aromatic heterocycles. The molecule has 0 aliphatic rings. The van der Waals surface area contributed by atoms with Crippen molar-refractivity contribution < 1.29 is 27.4 Å². The maximum Gasteiger partial charge on any atom is 0.268 e. The van der Waals surface area contributed by atoms with E-state index >= 15 is 0 Å². The number of aromatic nitrogens is 2. The van der Waals surface area contributed by atoms with Crippen LogP contribution in [0.15, 0.2) is 53.2 Å². The third kappa shape index (κ3) is 7.53. The highest BCUT2D eigenvalue weighted by molar-refractivity contribution is 7.90. The minimum Gasteiger partial charge on any atom is -0.490 e. The summed E-state index contributed by atoms with van der Waals surface area (Å²) in [4.78, 5) is 16.3. The summed E-state index contributed by atoms with van der Waals surface area (Å²) < 4.78 is 43.9. The minimum absolute atomic E-state index is 0.0341. The van der Waals surface area contributed by atoms with Crippen molar-refractivity contribution in [3.05, 3.63) is 59.2 Å². The molecule has 0 aliphatic heterocycles. The van der Waals surface area contributed by atoms with E-state index < -0.39 is 20.9 Å².